The van der Waals surface area contributed by atoms with Crippen LogP contribution in [0.4, 0.5) is 5.69 Å². The van der Waals surface area contributed by atoms with E-state index in [1.165, 1.54) is 0 Å². The van der Waals surface area contributed by atoms with E-state index in [9.17, 15) is 4.79 Å². The zero-order valence-corrected chi connectivity index (χ0v) is 13.9. The van der Waals surface area contributed by atoms with Crippen LogP contribution in [0.3, 0.4) is 0 Å². The van der Waals surface area contributed by atoms with E-state index in [2.05, 4.69) is 11.4 Å². The molecule has 0 fully saturated rings. The minimum atomic E-state index is 0.0283. The molecular weight excluding hydrogens is 300 g/mol. The molecule has 2 aromatic rings. The average Bonchev–Trinajstić information content (AvgIpc) is 2.52. The first-order valence-electron chi connectivity index (χ1n) is 6.55. The summed E-state index contributed by atoms with van der Waals surface area (Å²) < 4.78 is 0. The van der Waals surface area contributed by atoms with Gasteiger partial charge in [0.1, 0.15) is 0 Å². The number of carbonyl (C=O) groups is 1. The van der Waals surface area contributed by atoms with Crippen LogP contribution in [0.2, 0.25) is 0 Å². The van der Waals surface area contributed by atoms with E-state index in [1.54, 1.807) is 40.6 Å². The van der Waals surface area contributed by atoms with Gasteiger partial charge in [-0.2, -0.15) is 0 Å². The van der Waals surface area contributed by atoms with E-state index in [0.29, 0.717) is 0 Å². The van der Waals surface area contributed by atoms with E-state index in [0.717, 1.165) is 21.0 Å². The van der Waals surface area contributed by atoms with Gasteiger partial charge in [-0.3, -0.25) is 4.79 Å². The Kier molecular flexibility index (Phi) is 5.59. The topological polar surface area (TPSA) is 32.3 Å². The summed E-state index contributed by atoms with van der Waals surface area (Å²) in [5, 5.41) is 3.18. The lowest BCUT2D eigenvalue weighted by atomic mass is 10.2. The Hall–Kier alpha value is -1.59. The molecule has 2 aromatic carbocycles. The van der Waals surface area contributed by atoms with E-state index >= 15 is 0 Å². The SMILES string of the molecule is CNc1ccccc1SSc1ccccc1C(=O)N(C)C. The number of hydrogen-bond acceptors (Lipinski definition) is 4. The first-order chi connectivity index (χ1) is 10.1. The fourth-order valence-electron chi connectivity index (χ4n) is 1.79. The van der Waals surface area contributed by atoms with Crippen molar-refractivity contribution in [3.8, 4) is 0 Å². The summed E-state index contributed by atoms with van der Waals surface area (Å²) in [5.74, 6) is 0.0283. The molecule has 0 aliphatic rings. The summed E-state index contributed by atoms with van der Waals surface area (Å²) in [6.45, 7) is 0. The number of para-hydroxylation sites is 1. The van der Waals surface area contributed by atoms with E-state index in [4.69, 9.17) is 0 Å². The first-order valence-corrected chi connectivity index (χ1v) is 8.70. The predicted octanol–water partition coefficient (Wildman–Crippen LogP) is 4.23. The number of anilines is 1. The quantitative estimate of drug-likeness (QED) is 0.836. The largest absolute Gasteiger partial charge is 0.387 e. The lowest BCUT2D eigenvalue weighted by molar-refractivity contribution is 0.0824. The smallest absolute Gasteiger partial charge is 0.254 e. The van der Waals surface area contributed by atoms with Crippen LogP contribution in [0, 0.1) is 0 Å². The monoisotopic (exact) mass is 318 g/mol. The van der Waals surface area contributed by atoms with E-state index in [1.807, 2.05) is 49.5 Å². The number of amides is 1. The molecule has 1 amide bonds. The zero-order valence-electron chi connectivity index (χ0n) is 12.3. The van der Waals surface area contributed by atoms with Gasteiger partial charge in [0.05, 0.1) is 5.56 Å². The van der Waals surface area contributed by atoms with Crippen LogP contribution in [0.15, 0.2) is 58.3 Å². The van der Waals surface area contributed by atoms with Gasteiger partial charge < -0.3 is 10.2 Å². The summed E-state index contributed by atoms with van der Waals surface area (Å²) in [6, 6.07) is 15.8. The Balaban J connectivity index is 2.19. The van der Waals surface area contributed by atoms with Crippen LogP contribution in [0.5, 0.6) is 0 Å². The van der Waals surface area contributed by atoms with Gasteiger partial charge in [-0.05, 0) is 24.3 Å². The van der Waals surface area contributed by atoms with Crippen LogP contribution in [-0.2, 0) is 0 Å². The number of nitrogens with one attached hydrogen (secondary N) is 1. The van der Waals surface area contributed by atoms with Crippen molar-refractivity contribution in [3.63, 3.8) is 0 Å². The van der Waals surface area contributed by atoms with E-state index in [-0.39, 0.29) is 5.91 Å². The van der Waals surface area contributed by atoms with Crippen molar-refractivity contribution in [1.29, 1.82) is 0 Å². The maximum Gasteiger partial charge on any atom is 0.254 e. The third kappa shape index (κ3) is 3.95. The van der Waals surface area contributed by atoms with Crippen molar-refractivity contribution in [1.82, 2.24) is 4.90 Å². The van der Waals surface area contributed by atoms with Crippen molar-refractivity contribution in [3.05, 3.63) is 54.1 Å². The molecule has 0 spiro atoms. The third-order valence-corrected chi connectivity index (χ3v) is 5.38. The summed E-state index contributed by atoms with van der Waals surface area (Å²) >= 11 is 0. The molecule has 110 valence electrons. The second-order valence-electron chi connectivity index (χ2n) is 4.61. The second-order valence-corrected chi connectivity index (χ2v) is 6.82. The van der Waals surface area contributed by atoms with Gasteiger partial charge in [-0.1, -0.05) is 45.9 Å². The summed E-state index contributed by atoms with van der Waals surface area (Å²) in [4.78, 5) is 15.9. The summed E-state index contributed by atoms with van der Waals surface area (Å²) in [6.07, 6.45) is 0. The highest BCUT2D eigenvalue weighted by molar-refractivity contribution is 8.76. The molecule has 0 saturated carbocycles. The maximum absolute atomic E-state index is 12.2. The Labute approximate surface area is 133 Å². The lowest BCUT2D eigenvalue weighted by Crippen LogP contribution is -2.22. The van der Waals surface area contributed by atoms with Crippen molar-refractivity contribution < 1.29 is 4.79 Å². The van der Waals surface area contributed by atoms with Crippen LogP contribution < -0.4 is 5.32 Å². The molecule has 1 N–H and O–H groups in total. The standard InChI is InChI=1S/C16H18N2OS2/c1-17-13-9-5-7-11-15(13)21-20-14-10-6-4-8-12(14)16(19)18(2)3/h4-11,17H,1-3H3. The fourth-order valence-corrected chi connectivity index (χ4v) is 4.16. The molecule has 2 rings (SSSR count). The molecule has 0 aliphatic carbocycles. The number of hydrogen-bond donors (Lipinski definition) is 1. The highest BCUT2D eigenvalue weighted by atomic mass is 33.1. The average molecular weight is 318 g/mol. The van der Waals surface area contributed by atoms with Crippen LogP contribution in [0.1, 0.15) is 10.4 Å². The molecule has 0 saturated heterocycles. The van der Waals surface area contributed by atoms with E-state index < -0.39 is 0 Å². The Bertz CT molecular complexity index is 629. The molecule has 3 nitrogen and oxygen atoms in total. The van der Waals surface area contributed by atoms with Gasteiger partial charge in [-0.25, -0.2) is 0 Å². The molecule has 0 bridgehead atoms. The van der Waals surface area contributed by atoms with Crippen LogP contribution in [0.25, 0.3) is 0 Å². The van der Waals surface area contributed by atoms with Crippen molar-refractivity contribution in [2.24, 2.45) is 0 Å². The van der Waals surface area contributed by atoms with Crippen LogP contribution in [-0.4, -0.2) is 32.0 Å². The molecule has 0 unspecified atom stereocenters. The number of benzene rings is 2. The molecule has 5 heteroatoms. The van der Waals surface area contributed by atoms with Gasteiger partial charge in [0, 0.05) is 36.6 Å². The van der Waals surface area contributed by atoms with Gasteiger partial charge in [-0.15, -0.1) is 0 Å². The van der Waals surface area contributed by atoms with Gasteiger partial charge in [0.2, 0.25) is 0 Å². The Morgan fingerprint density at radius 1 is 0.952 bits per heavy atom. The molecule has 0 radical (unpaired) electrons. The minimum absolute atomic E-state index is 0.0283. The maximum atomic E-state index is 12.2. The zero-order chi connectivity index (χ0) is 15.2. The highest BCUT2D eigenvalue weighted by Gasteiger charge is 2.14. The van der Waals surface area contributed by atoms with Crippen molar-refractivity contribution >= 4 is 33.2 Å². The van der Waals surface area contributed by atoms with Crippen molar-refractivity contribution in [2.45, 2.75) is 9.79 Å². The fraction of sp³-hybridized carbons (Fsp3) is 0.188. The molecule has 0 aromatic heterocycles. The van der Waals surface area contributed by atoms with Gasteiger partial charge in [0.25, 0.3) is 5.91 Å². The number of rotatable bonds is 5. The predicted molar refractivity (Wildman–Crippen MR) is 92.2 cm³/mol. The van der Waals surface area contributed by atoms with Crippen molar-refractivity contribution in [2.75, 3.05) is 26.5 Å². The molecular formula is C16H18N2OS2. The normalized spacial score (nSPS) is 10.2. The second kappa shape index (κ2) is 7.43. The van der Waals surface area contributed by atoms with Crippen LogP contribution >= 0.6 is 21.6 Å². The van der Waals surface area contributed by atoms with Gasteiger partial charge >= 0.3 is 0 Å². The Morgan fingerprint density at radius 3 is 2.19 bits per heavy atom. The molecule has 0 atom stereocenters. The molecule has 21 heavy (non-hydrogen) atoms. The summed E-state index contributed by atoms with van der Waals surface area (Å²) in [7, 11) is 8.71. The summed E-state index contributed by atoms with van der Waals surface area (Å²) in [5.41, 5.74) is 1.83. The molecule has 0 heterocycles. The van der Waals surface area contributed by atoms with Gasteiger partial charge in [0.15, 0.2) is 0 Å². The lowest BCUT2D eigenvalue weighted by Gasteiger charge is -2.14. The number of nitrogens with zero attached hydrogens (tertiary/aromatic N) is 1. The first kappa shape index (κ1) is 15.8. The Morgan fingerprint density at radius 2 is 1.52 bits per heavy atom. The third-order valence-electron chi connectivity index (χ3n) is 2.90. The molecule has 0 aliphatic heterocycles. The minimum Gasteiger partial charge on any atom is -0.387 e. The number of carbonyl (C=O) groups excluding carboxylic acids is 1. The highest BCUT2D eigenvalue weighted by Crippen LogP contribution is 2.41.